The monoisotopic (exact) mass is 420 g/mol. The summed E-state index contributed by atoms with van der Waals surface area (Å²) in [5, 5.41) is 10.5. The number of nitrogens with zero attached hydrogens (tertiary/aromatic N) is 2. The Kier molecular flexibility index (Phi) is 4.57. The number of ether oxygens (including phenoxy) is 1. The van der Waals surface area contributed by atoms with Crippen molar-refractivity contribution in [3.8, 4) is 17.2 Å². The predicted octanol–water partition coefficient (Wildman–Crippen LogP) is 4.78. The summed E-state index contributed by atoms with van der Waals surface area (Å²) in [7, 11) is 0. The highest BCUT2D eigenvalue weighted by Crippen LogP contribution is 2.52. The van der Waals surface area contributed by atoms with Gasteiger partial charge in [-0.05, 0) is 43.2 Å². The second kappa shape index (κ2) is 7.04. The first-order valence-electron chi connectivity index (χ1n) is 10.6. The fourth-order valence-electron chi connectivity index (χ4n) is 5.27. The zero-order valence-corrected chi connectivity index (χ0v) is 18.2. The molecule has 3 fully saturated rings. The molecule has 0 N–H and O–H groups in total. The number of thiophene rings is 1. The van der Waals surface area contributed by atoms with E-state index in [9.17, 15) is 14.9 Å². The van der Waals surface area contributed by atoms with Crippen LogP contribution < -0.4 is 4.90 Å². The maximum absolute atomic E-state index is 13.2. The van der Waals surface area contributed by atoms with Crippen molar-refractivity contribution in [3.05, 3.63) is 40.3 Å². The standard InChI is InChI=1S/C24H24N2O3S/c1-4-12(2)14-5-7-15(8-6-14)19-13(3)30-24(16(19)11-25)26-22(27)20-17-9-10-18(29-17)21(20)23(26)28/h5-8,12,17-18,20-21H,4,9-10H2,1-3H3/t12-,17-,18+,20+,21-/m0/s1. The van der Waals surface area contributed by atoms with Crippen LogP contribution in [0.15, 0.2) is 24.3 Å². The molecule has 0 radical (unpaired) electrons. The molecule has 5 atom stereocenters. The first-order chi connectivity index (χ1) is 14.5. The summed E-state index contributed by atoms with van der Waals surface area (Å²) in [5.41, 5.74) is 3.45. The number of carbonyl (C=O) groups is 2. The van der Waals surface area contributed by atoms with Gasteiger partial charge in [-0.1, -0.05) is 38.1 Å². The van der Waals surface area contributed by atoms with Crippen LogP contribution in [-0.4, -0.2) is 24.0 Å². The Bertz CT molecular complexity index is 1050. The summed E-state index contributed by atoms with van der Waals surface area (Å²) >= 11 is 1.36. The minimum Gasteiger partial charge on any atom is -0.373 e. The van der Waals surface area contributed by atoms with Crippen LogP contribution in [-0.2, 0) is 14.3 Å². The molecule has 1 aromatic heterocycles. The van der Waals surface area contributed by atoms with Crippen LogP contribution in [0, 0.1) is 30.1 Å². The Labute approximate surface area is 180 Å². The van der Waals surface area contributed by atoms with Crippen molar-refractivity contribution in [1.29, 1.82) is 5.26 Å². The molecule has 30 heavy (non-hydrogen) atoms. The zero-order chi connectivity index (χ0) is 21.2. The van der Waals surface area contributed by atoms with Gasteiger partial charge in [0.15, 0.2) is 0 Å². The summed E-state index contributed by atoms with van der Waals surface area (Å²) < 4.78 is 5.83. The lowest BCUT2D eigenvalue weighted by atomic mass is 9.81. The molecular formula is C24H24N2O3S. The summed E-state index contributed by atoms with van der Waals surface area (Å²) in [6, 6.07) is 10.6. The summed E-state index contributed by atoms with van der Waals surface area (Å²) in [6.45, 7) is 6.31. The highest BCUT2D eigenvalue weighted by Gasteiger charge is 2.63. The highest BCUT2D eigenvalue weighted by atomic mass is 32.1. The first-order valence-corrected chi connectivity index (χ1v) is 11.4. The van der Waals surface area contributed by atoms with E-state index < -0.39 is 0 Å². The van der Waals surface area contributed by atoms with Gasteiger partial charge in [0.1, 0.15) is 11.1 Å². The van der Waals surface area contributed by atoms with Gasteiger partial charge in [0.2, 0.25) is 11.8 Å². The average molecular weight is 421 g/mol. The number of rotatable bonds is 4. The fourth-order valence-corrected chi connectivity index (χ4v) is 6.40. The molecule has 3 aliphatic rings. The Morgan fingerprint density at radius 3 is 2.30 bits per heavy atom. The molecule has 0 aliphatic carbocycles. The van der Waals surface area contributed by atoms with E-state index in [0.29, 0.717) is 16.5 Å². The number of aryl methyl sites for hydroxylation is 1. The average Bonchev–Trinajstić information content (AvgIpc) is 3.50. The minimum atomic E-state index is -0.386. The molecule has 0 saturated carbocycles. The fraction of sp³-hybridized carbons (Fsp3) is 0.458. The lowest BCUT2D eigenvalue weighted by Gasteiger charge is -2.16. The molecule has 4 heterocycles. The molecule has 1 aromatic carbocycles. The maximum Gasteiger partial charge on any atom is 0.241 e. The van der Waals surface area contributed by atoms with Crippen LogP contribution >= 0.6 is 11.3 Å². The van der Waals surface area contributed by atoms with Crippen molar-refractivity contribution in [3.63, 3.8) is 0 Å². The van der Waals surface area contributed by atoms with Gasteiger partial charge < -0.3 is 4.74 Å². The van der Waals surface area contributed by atoms with Crippen LogP contribution in [0.4, 0.5) is 5.00 Å². The van der Waals surface area contributed by atoms with Gasteiger partial charge in [-0.15, -0.1) is 11.3 Å². The number of hydrogen-bond acceptors (Lipinski definition) is 5. The van der Waals surface area contributed by atoms with Gasteiger partial charge in [-0.3, -0.25) is 9.59 Å². The maximum atomic E-state index is 13.2. The number of hydrogen-bond donors (Lipinski definition) is 0. The second-order valence-corrected chi connectivity index (χ2v) is 9.81. The number of imide groups is 1. The van der Waals surface area contributed by atoms with Gasteiger partial charge in [0.25, 0.3) is 0 Å². The second-order valence-electron chi connectivity index (χ2n) is 8.61. The minimum absolute atomic E-state index is 0.152. The van der Waals surface area contributed by atoms with Gasteiger partial charge in [-0.25, -0.2) is 4.90 Å². The zero-order valence-electron chi connectivity index (χ0n) is 17.3. The van der Waals surface area contributed by atoms with Gasteiger partial charge in [-0.2, -0.15) is 5.26 Å². The molecule has 3 saturated heterocycles. The molecule has 2 amide bonds. The normalized spacial score (nSPS) is 28.1. The predicted molar refractivity (Wildman–Crippen MR) is 115 cm³/mol. The Morgan fingerprint density at radius 1 is 1.17 bits per heavy atom. The lowest BCUT2D eigenvalue weighted by Crippen LogP contribution is -2.34. The van der Waals surface area contributed by atoms with Crippen molar-refractivity contribution < 1.29 is 14.3 Å². The summed E-state index contributed by atoms with van der Waals surface area (Å²) in [6.07, 6.45) is 2.43. The van der Waals surface area contributed by atoms with Crippen LogP contribution in [0.3, 0.4) is 0 Å². The molecular weight excluding hydrogens is 396 g/mol. The van der Waals surface area contributed by atoms with E-state index in [1.165, 1.54) is 21.8 Å². The summed E-state index contributed by atoms with van der Waals surface area (Å²) in [4.78, 5) is 28.6. The largest absolute Gasteiger partial charge is 0.373 e. The van der Waals surface area contributed by atoms with Crippen molar-refractivity contribution >= 4 is 28.2 Å². The number of nitriles is 1. The molecule has 6 heteroatoms. The van der Waals surface area contributed by atoms with Gasteiger partial charge >= 0.3 is 0 Å². The van der Waals surface area contributed by atoms with E-state index in [2.05, 4.69) is 32.0 Å². The molecule has 3 aliphatic heterocycles. The van der Waals surface area contributed by atoms with Crippen molar-refractivity contribution in [1.82, 2.24) is 0 Å². The quantitative estimate of drug-likeness (QED) is 0.668. The highest BCUT2D eigenvalue weighted by molar-refractivity contribution is 7.17. The third-order valence-electron chi connectivity index (χ3n) is 7.05. The van der Waals surface area contributed by atoms with Crippen LogP contribution in [0.1, 0.15) is 55.0 Å². The van der Waals surface area contributed by atoms with Crippen molar-refractivity contribution in [2.24, 2.45) is 11.8 Å². The van der Waals surface area contributed by atoms with E-state index in [1.54, 1.807) is 0 Å². The van der Waals surface area contributed by atoms with E-state index >= 15 is 0 Å². The molecule has 2 bridgehead atoms. The van der Waals surface area contributed by atoms with Crippen molar-refractivity contribution in [2.45, 2.75) is 58.2 Å². The Balaban J connectivity index is 1.55. The molecule has 154 valence electrons. The SMILES string of the molecule is CC[C@H](C)c1ccc(-c2c(C)sc(N3C(=O)[C@@H]4[C@H](C3=O)[C@@H]3CC[C@H]4O3)c2C#N)cc1. The van der Waals surface area contributed by atoms with E-state index in [1.807, 2.05) is 19.1 Å². The van der Waals surface area contributed by atoms with Crippen molar-refractivity contribution in [2.75, 3.05) is 4.90 Å². The third kappa shape index (κ3) is 2.62. The van der Waals surface area contributed by atoms with E-state index in [0.717, 1.165) is 35.3 Å². The summed E-state index contributed by atoms with van der Waals surface area (Å²) in [5.74, 6) is -0.695. The molecule has 5 nitrogen and oxygen atoms in total. The van der Waals surface area contributed by atoms with E-state index in [-0.39, 0.29) is 35.9 Å². The number of amides is 2. The van der Waals surface area contributed by atoms with Crippen LogP contribution in [0.5, 0.6) is 0 Å². The van der Waals surface area contributed by atoms with Crippen LogP contribution in [0.25, 0.3) is 11.1 Å². The number of carbonyl (C=O) groups excluding carboxylic acids is 2. The number of fused-ring (bicyclic) bond motifs is 5. The Hall–Kier alpha value is -2.49. The smallest absolute Gasteiger partial charge is 0.241 e. The topological polar surface area (TPSA) is 70.4 Å². The van der Waals surface area contributed by atoms with Gasteiger partial charge in [0.05, 0.1) is 29.6 Å². The molecule has 5 rings (SSSR count). The van der Waals surface area contributed by atoms with E-state index in [4.69, 9.17) is 4.74 Å². The first kappa shape index (κ1) is 19.5. The molecule has 0 unspecified atom stereocenters. The lowest BCUT2D eigenvalue weighted by molar-refractivity contribution is -0.124. The van der Waals surface area contributed by atoms with Crippen LogP contribution in [0.2, 0.25) is 0 Å². The number of anilines is 1. The third-order valence-corrected chi connectivity index (χ3v) is 8.14. The molecule has 0 spiro atoms. The number of benzene rings is 1. The molecule has 2 aromatic rings. The Morgan fingerprint density at radius 2 is 1.77 bits per heavy atom. The van der Waals surface area contributed by atoms with Gasteiger partial charge in [0, 0.05) is 10.4 Å².